The lowest BCUT2D eigenvalue weighted by atomic mass is 10.0. The molecule has 1 aromatic carbocycles. The van der Waals surface area contributed by atoms with Crippen molar-refractivity contribution >= 4 is 51.3 Å². The molecule has 0 saturated carbocycles. The Balaban J connectivity index is 1.84. The fourth-order valence-corrected chi connectivity index (χ4v) is 3.71. The van der Waals surface area contributed by atoms with Crippen LogP contribution in [0.15, 0.2) is 12.1 Å². The van der Waals surface area contributed by atoms with Gasteiger partial charge in [0, 0.05) is 31.1 Å². The van der Waals surface area contributed by atoms with Crippen LogP contribution >= 0.6 is 34.6 Å². The number of piperidine rings is 1. The summed E-state index contributed by atoms with van der Waals surface area (Å²) < 4.78 is 5.39. The summed E-state index contributed by atoms with van der Waals surface area (Å²) in [5.74, 6) is 1.55. The maximum atomic E-state index is 9.04. The molecule has 1 aliphatic rings. The van der Waals surface area contributed by atoms with Crippen molar-refractivity contribution in [3.05, 3.63) is 23.0 Å². The predicted molar refractivity (Wildman–Crippen MR) is 104 cm³/mol. The zero-order valence-corrected chi connectivity index (χ0v) is 16.3. The van der Waals surface area contributed by atoms with E-state index in [1.165, 1.54) is 0 Å². The Kier molecular flexibility index (Phi) is 5.96. The van der Waals surface area contributed by atoms with Gasteiger partial charge in [0.25, 0.3) is 0 Å². The summed E-state index contributed by atoms with van der Waals surface area (Å²) in [6.07, 6.45) is 2.01. The van der Waals surface area contributed by atoms with E-state index < -0.39 is 0 Å². The topological polar surface area (TPSA) is 70.5 Å². The maximum Gasteiger partial charge on any atom is 0.224 e. The fourth-order valence-electron chi connectivity index (χ4n) is 3.06. The van der Waals surface area contributed by atoms with Crippen molar-refractivity contribution in [1.82, 2.24) is 14.9 Å². The second-order valence-corrected chi connectivity index (χ2v) is 6.82. The van der Waals surface area contributed by atoms with Crippen LogP contribution in [0, 0.1) is 6.92 Å². The van der Waals surface area contributed by atoms with E-state index in [1.807, 2.05) is 42.1 Å². The van der Waals surface area contributed by atoms with Gasteiger partial charge < -0.3 is 18.4 Å². The van der Waals surface area contributed by atoms with Gasteiger partial charge in [-0.3, -0.25) is 0 Å². The molecule has 1 aromatic heterocycles. The molecule has 0 atom stereocenters. The molecular formula is C16H20ClIN4O2. The second kappa shape index (κ2) is 7.99. The van der Waals surface area contributed by atoms with Crippen LogP contribution in [0.2, 0.25) is 5.28 Å². The Morgan fingerprint density at radius 3 is 2.79 bits per heavy atom. The highest BCUT2D eigenvalue weighted by Gasteiger charge is 2.20. The van der Waals surface area contributed by atoms with Crippen molar-refractivity contribution in [2.45, 2.75) is 25.8 Å². The lowest BCUT2D eigenvalue weighted by molar-refractivity contribution is 0.168. The maximum absolute atomic E-state index is 9.04. The molecule has 2 aromatic rings. The first-order chi connectivity index (χ1) is 11.6. The normalized spacial score (nSPS) is 16.5. The van der Waals surface area contributed by atoms with Gasteiger partial charge in [0.15, 0.2) is 23.0 Å². The summed E-state index contributed by atoms with van der Waals surface area (Å²) >= 11 is 7.98. The molecule has 0 radical (unpaired) electrons. The number of hydrogen-bond acceptors (Lipinski definition) is 6. The SMILES string of the molecule is Cc1cc2nc(Cl)nc(NC3CCN(CCO)CC3)c2cc1OI. The molecule has 8 heteroatoms. The smallest absolute Gasteiger partial charge is 0.224 e. The number of fused-ring (bicyclic) bond motifs is 1. The molecule has 0 aliphatic carbocycles. The zero-order chi connectivity index (χ0) is 17.1. The molecule has 0 bridgehead atoms. The van der Waals surface area contributed by atoms with Crippen LogP contribution < -0.4 is 8.38 Å². The van der Waals surface area contributed by atoms with Crippen molar-refractivity contribution in [3.8, 4) is 5.75 Å². The molecule has 2 N–H and O–H groups in total. The number of anilines is 1. The van der Waals surface area contributed by atoms with E-state index in [1.54, 1.807) is 0 Å². The standard InChI is InChI=1S/C16H20ClIN4O2/c1-10-8-13-12(9-14(10)24-18)15(21-16(17)20-13)19-11-2-4-22(5-3-11)6-7-23/h8-9,11,23H,2-7H2,1H3,(H,19,20,21). The molecule has 130 valence electrons. The molecule has 0 unspecified atom stereocenters. The lowest BCUT2D eigenvalue weighted by Crippen LogP contribution is -2.40. The van der Waals surface area contributed by atoms with E-state index in [2.05, 4.69) is 20.2 Å². The number of aryl methyl sites for hydroxylation is 1. The minimum Gasteiger partial charge on any atom is -0.427 e. The highest BCUT2D eigenvalue weighted by Crippen LogP contribution is 2.31. The van der Waals surface area contributed by atoms with E-state index >= 15 is 0 Å². The Labute approximate surface area is 160 Å². The second-order valence-electron chi connectivity index (χ2n) is 6.04. The highest BCUT2D eigenvalue weighted by molar-refractivity contribution is 14.1. The van der Waals surface area contributed by atoms with Crippen LogP contribution in [0.1, 0.15) is 18.4 Å². The number of aromatic nitrogens is 2. The fraction of sp³-hybridized carbons (Fsp3) is 0.500. The van der Waals surface area contributed by atoms with Crippen molar-refractivity contribution in [2.24, 2.45) is 0 Å². The van der Waals surface area contributed by atoms with Gasteiger partial charge >= 0.3 is 0 Å². The molecule has 0 amide bonds. The van der Waals surface area contributed by atoms with Gasteiger partial charge in [-0.2, -0.15) is 0 Å². The minimum absolute atomic E-state index is 0.211. The molecule has 2 heterocycles. The van der Waals surface area contributed by atoms with Gasteiger partial charge in [0.05, 0.1) is 12.1 Å². The lowest BCUT2D eigenvalue weighted by Gasteiger charge is -2.32. The van der Waals surface area contributed by atoms with E-state index in [0.717, 1.165) is 60.5 Å². The molecular weight excluding hydrogens is 443 g/mol. The minimum atomic E-state index is 0.211. The molecule has 6 nitrogen and oxygen atoms in total. The summed E-state index contributed by atoms with van der Waals surface area (Å²) in [5.41, 5.74) is 1.82. The van der Waals surface area contributed by atoms with E-state index in [4.69, 9.17) is 19.8 Å². The third-order valence-corrected chi connectivity index (χ3v) is 5.04. The monoisotopic (exact) mass is 462 g/mol. The third-order valence-electron chi connectivity index (χ3n) is 4.39. The zero-order valence-electron chi connectivity index (χ0n) is 13.4. The molecule has 24 heavy (non-hydrogen) atoms. The van der Waals surface area contributed by atoms with Gasteiger partial charge in [-0.15, -0.1) is 0 Å². The average molecular weight is 463 g/mol. The largest absolute Gasteiger partial charge is 0.427 e. The van der Waals surface area contributed by atoms with Crippen molar-refractivity contribution < 1.29 is 8.17 Å². The first-order valence-electron chi connectivity index (χ1n) is 7.97. The van der Waals surface area contributed by atoms with Gasteiger partial charge in [-0.05, 0) is 49.1 Å². The van der Waals surface area contributed by atoms with Crippen LogP contribution in [-0.4, -0.2) is 52.3 Å². The van der Waals surface area contributed by atoms with Crippen LogP contribution in [0.4, 0.5) is 5.82 Å². The van der Waals surface area contributed by atoms with E-state index in [0.29, 0.717) is 6.04 Å². The number of aliphatic hydroxyl groups is 1. The van der Waals surface area contributed by atoms with Crippen molar-refractivity contribution in [1.29, 1.82) is 0 Å². The summed E-state index contributed by atoms with van der Waals surface area (Å²) in [4.78, 5) is 11.0. The highest BCUT2D eigenvalue weighted by atomic mass is 127. The first-order valence-corrected chi connectivity index (χ1v) is 9.23. The van der Waals surface area contributed by atoms with Crippen LogP contribution in [0.25, 0.3) is 10.9 Å². The number of hydrogen-bond donors (Lipinski definition) is 2. The van der Waals surface area contributed by atoms with Crippen LogP contribution in [-0.2, 0) is 0 Å². The number of nitrogens with zero attached hydrogens (tertiary/aromatic N) is 3. The number of β-amino-alcohol motifs (C(OH)–C–C–N with tert-alkyl or cyclic N) is 1. The predicted octanol–water partition coefficient (Wildman–Crippen LogP) is 3.19. The van der Waals surface area contributed by atoms with E-state index in [9.17, 15) is 0 Å². The van der Waals surface area contributed by atoms with Crippen molar-refractivity contribution in [3.63, 3.8) is 0 Å². The Morgan fingerprint density at radius 1 is 1.38 bits per heavy atom. The number of nitrogens with one attached hydrogen (secondary N) is 1. The Hall–Kier alpha value is -0.900. The number of likely N-dealkylation sites (tertiary alicyclic amines) is 1. The van der Waals surface area contributed by atoms with Gasteiger partial charge in [0.1, 0.15) is 11.6 Å². The van der Waals surface area contributed by atoms with Gasteiger partial charge in [-0.25, -0.2) is 9.97 Å². The quantitative estimate of drug-likeness (QED) is 0.525. The number of aliphatic hydroxyl groups excluding tert-OH is 1. The number of benzene rings is 1. The molecule has 1 fully saturated rings. The van der Waals surface area contributed by atoms with Crippen LogP contribution in [0.5, 0.6) is 5.75 Å². The van der Waals surface area contributed by atoms with Gasteiger partial charge in [-0.1, -0.05) is 0 Å². The van der Waals surface area contributed by atoms with Crippen LogP contribution in [0.3, 0.4) is 0 Å². The number of halogens is 2. The summed E-state index contributed by atoms with van der Waals surface area (Å²) in [6, 6.07) is 4.25. The molecule has 3 rings (SSSR count). The van der Waals surface area contributed by atoms with E-state index in [-0.39, 0.29) is 11.9 Å². The molecule has 1 saturated heterocycles. The number of rotatable bonds is 5. The first kappa shape index (κ1) is 17.9. The third kappa shape index (κ3) is 4.01. The summed E-state index contributed by atoms with van der Waals surface area (Å²) in [5, 5.41) is 13.7. The Morgan fingerprint density at radius 2 is 2.12 bits per heavy atom. The Bertz CT molecular complexity index is 723. The summed E-state index contributed by atoms with van der Waals surface area (Å²) in [7, 11) is 0. The van der Waals surface area contributed by atoms with Gasteiger partial charge in [0.2, 0.25) is 5.28 Å². The van der Waals surface area contributed by atoms with Crippen molar-refractivity contribution in [2.75, 3.05) is 31.6 Å². The molecule has 1 aliphatic heterocycles. The molecule has 0 spiro atoms. The summed E-state index contributed by atoms with van der Waals surface area (Å²) in [6.45, 7) is 4.87. The average Bonchev–Trinajstić information content (AvgIpc) is 2.56.